The van der Waals surface area contributed by atoms with Gasteiger partial charge in [-0.1, -0.05) is 6.42 Å². The molecular formula is C9H21NO3Si. The van der Waals surface area contributed by atoms with Gasteiger partial charge >= 0.3 is 0 Å². The Morgan fingerprint density at radius 2 is 2.07 bits per heavy atom. The van der Waals surface area contributed by atoms with Crippen molar-refractivity contribution in [2.24, 2.45) is 0 Å². The molecule has 0 atom stereocenters. The van der Waals surface area contributed by atoms with Gasteiger partial charge in [-0.2, -0.15) is 0 Å². The number of hydrogen-bond acceptors (Lipinski definition) is 3. The van der Waals surface area contributed by atoms with E-state index < -0.39 is 5.97 Å². The topological polar surface area (TPSA) is 49.4 Å². The van der Waals surface area contributed by atoms with E-state index in [1.54, 1.807) is 21.1 Å². The zero-order valence-corrected chi connectivity index (χ0v) is 10.8. The van der Waals surface area contributed by atoms with Crippen LogP contribution in [0.2, 0.25) is 6.04 Å². The minimum atomic E-state index is -1.00. The fourth-order valence-electron chi connectivity index (χ4n) is 1.07. The third kappa shape index (κ3) is 11.6. The first kappa shape index (κ1) is 13.6. The number of carboxylic acids is 1. The predicted molar refractivity (Wildman–Crippen MR) is 56.4 cm³/mol. The van der Waals surface area contributed by atoms with E-state index in [-0.39, 0.29) is 16.3 Å². The first-order valence-corrected chi connectivity index (χ1v) is 6.57. The molecule has 0 amide bonds. The molecule has 1 rings (SSSR count). The standard InChI is InChI=1S/C5H11NO2.C4H10OSi/c1-6(2,3)4-5(7)8;1-2-4-6-5-3-1/h4H2,1-3H3;1-4,6H2. The third-order valence-electron chi connectivity index (χ3n) is 1.68. The summed E-state index contributed by atoms with van der Waals surface area (Å²) in [6, 6.07) is 1.42. The van der Waals surface area contributed by atoms with Gasteiger partial charge in [0.05, 0.1) is 27.1 Å². The molecule has 1 aliphatic rings. The molecule has 0 aromatic rings. The molecule has 1 saturated heterocycles. The molecule has 14 heavy (non-hydrogen) atoms. The molecule has 1 heterocycles. The summed E-state index contributed by atoms with van der Waals surface area (Å²) in [6.45, 7) is 1.13. The minimum absolute atomic E-state index is 0.00849. The van der Waals surface area contributed by atoms with E-state index in [1.807, 2.05) is 0 Å². The summed E-state index contributed by atoms with van der Waals surface area (Å²) in [5.74, 6) is -1.00. The number of quaternary nitrogens is 1. The van der Waals surface area contributed by atoms with E-state index in [9.17, 15) is 9.90 Å². The van der Waals surface area contributed by atoms with Crippen molar-refractivity contribution < 1.29 is 18.8 Å². The number of carbonyl (C=O) groups is 1. The van der Waals surface area contributed by atoms with Crippen molar-refractivity contribution >= 4 is 15.7 Å². The number of likely N-dealkylation sites (N-methyl/N-ethyl adjacent to an activating group) is 1. The molecule has 0 N–H and O–H groups in total. The van der Waals surface area contributed by atoms with E-state index >= 15 is 0 Å². The van der Waals surface area contributed by atoms with Crippen LogP contribution in [0.5, 0.6) is 0 Å². The number of carbonyl (C=O) groups excluding carboxylic acids is 1. The van der Waals surface area contributed by atoms with Crippen molar-refractivity contribution in [1.82, 2.24) is 0 Å². The maximum Gasteiger partial charge on any atom is 0.161 e. The maximum atomic E-state index is 9.89. The molecule has 0 aromatic heterocycles. The quantitative estimate of drug-likeness (QED) is 0.430. The molecule has 4 nitrogen and oxygen atoms in total. The Hall–Kier alpha value is -0.393. The lowest BCUT2D eigenvalue weighted by atomic mass is 10.4. The summed E-state index contributed by atoms with van der Waals surface area (Å²) in [7, 11) is 5.41. The molecule has 5 heteroatoms. The molecule has 0 aromatic carbocycles. The van der Waals surface area contributed by atoms with Crippen LogP contribution in [0.15, 0.2) is 0 Å². The van der Waals surface area contributed by atoms with Crippen LogP contribution >= 0.6 is 0 Å². The average molecular weight is 219 g/mol. The Morgan fingerprint density at radius 3 is 2.14 bits per heavy atom. The van der Waals surface area contributed by atoms with Crippen LogP contribution in [-0.2, 0) is 9.22 Å². The van der Waals surface area contributed by atoms with Crippen LogP contribution in [-0.4, -0.2) is 54.5 Å². The molecule has 1 aliphatic heterocycles. The highest BCUT2D eigenvalue weighted by Gasteiger charge is 2.04. The molecule has 84 valence electrons. The van der Waals surface area contributed by atoms with Crippen molar-refractivity contribution in [3.8, 4) is 0 Å². The largest absolute Gasteiger partial charge is 0.544 e. The number of rotatable bonds is 2. The summed E-state index contributed by atoms with van der Waals surface area (Å²) >= 11 is 0. The SMILES string of the molecule is C1CC[SiH2]OC1.C[N+](C)(C)CC(=O)[O-]. The zero-order chi connectivity index (χ0) is 11.0. The summed E-state index contributed by atoms with van der Waals surface area (Å²) in [5.41, 5.74) is 0. The van der Waals surface area contributed by atoms with Gasteiger partial charge in [-0.05, 0) is 12.5 Å². The monoisotopic (exact) mass is 219 g/mol. The molecular weight excluding hydrogens is 198 g/mol. The summed E-state index contributed by atoms with van der Waals surface area (Å²) in [4.78, 5) is 9.89. The molecule has 0 bridgehead atoms. The number of nitrogens with zero attached hydrogens (tertiary/aromatic N) is 1. The Morgan fingerprint density at radius 1 is 1.43 bits per heavy atom. The molecule has 0 saturated carbocycles. The molecule has 0 unspecified atom stereocenters. The Kier molecular flexibility index (Phi) is 6.78. The highest BCUT2D eigenvalue weighted by atomic mass is 28.2. The second-order valence-corrected chi connectivity index (χ2v) is 6.02. The molecule has 0 aliphatic carbocycles. The van der Waals surface area contributed by atoms with Crippen molar-refractivity contribution in [3.63, 3.8) is 0 Å². The van der Waals surface area contributed by atoms with Crippen molar-refractivity contribution in [1.29, 1.82) is 0 Å². The van der Waals surface area contributed by atoms with E-state index in [0.29, 0.717) is 4.48 Å². The van der Waals surface area contributed by atoms with Gasteiger partial charge in [0.25, 0.3) is 0 Å². The maximum absolute atomic E-state index is 9.89. The first-order valence-electron chi connectivity index (χ1n) is 5.00. The summed E-state index contributed by atoms with van der Waals surface area (Å²) < 4.78 is 5.63. The van der Waals surface area contributed by atoms with Crippen molar-refractivity contribution in [2.45, 2.75) is 18.9 Å². The number of hydrogen-bond donors (Lipinski definition) is 0. The van der Waals surface area contributed by atoms with Gasteiger partial charge in [-0.15, -0.1) is 0 Å². The number of carboxylic acid groups (broad SMARTS) is 1. The minimum Gasteiger partial charge on any atom is -0.544 e. The van der Waals surface area contributed by atoms with Crippen LogP contribution < -0.4 is 5.11 Å². The van der Waals surface area contributed by atoms with Crippen LogP contribution in [0.4, 0.5) is 0 Å². The van der Waals surface area contributed by atoms with Gasteiger partial charge < -0.3 is 18.8 Å². The average Bonchev–Trinajstić information content (AvgIpc) is 2.03. The van der Waals surface area contributed by atoms with Crippen LogP contribution in [0.1, 0.15) is 12.8 Å². The molecule has 0 radical (unpaired) electrons. The lowest BCUT2D eigenvalue weighted by Gasteiger charge is -2.23. The highest BCUT2D eigenvalue weighted by molar-refractivity contribution is 6.27. The predicted octanol–water partition coefficient (Wildman–Crippen LogP) is -1.26. The van der Waals surface area contributed by atoms with Crippen LogP contribution in [0.25, 0.3) is 0 Å². The first-order chi connectivity index (χ1) is 6.42. The fourth-order valence-corrected chi connectivity index (χ4v) is 2.24. The summed E-state index contributed by atoms with van der Waals surface area (Å²) in [6.07, 6.45) is 2.75. The smallest absolute Gasteiger partial charge is 0.161 e. The van der Waals surface area contributed by atoms with Crippen LogP contribution in [0, 0.1) is 0 Å². The Balaban J connectivity index is 0.000000249. The van der Waals surface area contributed by atoms with Crippen molar-refractivity contribution in [2.75, 3.05) is 34.3 Å². The third-order valence-corrected chi connectivity index (χ3v) is 3.05. The lowest BCUT2D eigenvalue weighted by molar-refractivity contribution is -0.864. The van der Waals surface area contributed by atoms with E-state index in [4.69, 9.17) is 4.43 Å². The fraction of sp³-hybridized carbons (Fsp3) is 0.889. The normalized spacial score (nSPS) is 18.5. The van der Waals surface area contributed by atoms with Crippen LogP contribution in [0.3, 0.4) is 0 Å². The van der Waals surface area contributed by atoms with Crippen molar-refractivity contribution in [3.05, 3.63) is 0 Å². The Bertz CT molecular complexity index is 152. The zero-order valence-electron chi connectivity index (χ0n) is 9.41. The Labute approximate surface area is 88.4 Å². The van der Waals surface area contributed by atoms with E-state index in [2.05, 4.69) is 0 Å². The second kappa shape index (κ2) is 6.97. The lowest BCUT2D eigenvalue weighted by Crippen LogP contribution is -2.45. The number of aliphatic carboxylic acids is 1. The van der Waals surface area contributed by atoms with Gasteiger partial charge in [0.2, 0.25) is 0 Å². The van der Waals surface area contributed by atoms with E-state index in [0.717, 1.165) is 6.61 Å². The summed E-state index contributed by atoms with van der Waals surface area (Å²) in [5, 5.41) is 9.89. The molecule has 1 fully saturated rings. The van der Waals surface area contributed by atoms with Gasteiger partial charge in [0.15, 0.2) is 9.76 Å². The second-order valence-electron chi connectivity index (χ2n) is 4.49. The van der Waals surface area contributed by atoms with E-state index in [1.165, 1.54) is 18.9 Å². The van der Waals surface area contributed by atoms with Gasteiger partial charge in [-0.3, -0.25) is 0 Å². The van der Waals surface area contributed by atoms with Gasteiger partial charge in [0.1, 0.15) is 6.54 Å². The highest BCUT2D eigenvalue weighted by Crippen LogP contribution is 2.01. The molecule has 0 spiro atoms. The van der Waals surface area contributed by atoms with Gasteiger partial charge in [0, 0.05) is 6.61 Å². The van der Waals surface area contributed by atoms with Gasteiger partial charge in [-0.25, -0.2) is 0 Å².